The van der Waals surface area contributed by atoms with Gasteiger partial charge in [0, 0.05) is 29.8 Å². The molecule has 0 radical (unpaired) electrons. The van der Waals surface area contributed by atoms with Gasteiger partial charge in [0.05, 0.1) is 6.20 Å². The fourth-order valence-corrected chi connectivity index (χ4v) is 4.64. The van der Waals surface area contributed by atoms with E-state index < -0.39 is 5.67 Å². The summed E-state index contributed by atoms with van der Waals surface area (Å²) in [4.78, 5) is 13.9. The van der Waals surface area contributed by atoms with Gasteiger partial charge in [-0.1, -0.05) is 49.4 Å². The van der Waals surface area contributed by atoms with Crippen molar-refractivity contribution in [1.29, 1.82) is 0 Å². The third kappa shape index (κ3) is 2.16. The highest BCUT2D eigenvalue weighted by Crippen LogP contribution is 2.55. The minimum absolute atomic E-state index is 0.138. The zero-order valence-corrected chi connectivity index (χ0v) is 16.5. The summed E-state index contributed by atoms with van der Waals surface area (Å²) >= 11 is 0. The third-order valence-corrected chi connectivity index (χ3v) is 6.38. The normalized spacial score (nSPS) is 25.3. The molecule has 0 fully saturated rings. The second-order valence-corrected chi connectivity index (χ2v) is 7.99. The second-order valence-electron chi connectivity index (χ2n) is 7.99. The first-order chi connectivity index (χ1) is 13.4. The van der Waals surface area contributed by atoms with Crippen LogP contribution in [0.3, 0.4) is 0 Å². The Morgan fingerprint density at radius 1 is 1.04 bits per heavy atom. The molecule has 28 heavy (non-hydrogen) atoms. The molecule has 5 heteroatoms. The van der Waals surface area contributed by atoms with E-state index in [-0.39, 0.29) is 12.1 Å². The van der Waals surface area contributed by atoms with Crippen LogP contribution in [0.15, 0.2) is 54.7 Å². The molecule has 3 unspecified atom stereocenters. The van der Waals surface area contributed by atoms with Gasteiger partial charge in [-0.25, -0.2) is 14.4 Å². The molecule has 0 saturated heterocycles. The molecule has 2 aliphatic heterocycles. The van der Waals surface area contributed by atoms with Crippen LogP contribution in [-0.4, -0.2) is 23.2 Å². The van der Waals surface area contributed by atoms with Gasteiger partial charge in [-0.05, 0) is 25.5 Å². The lowest BCUT2D eigenvalue weighted by Gasteiger charge is -2.46. The van der Waals surface area contributed by atoms with E-state index in [4.69, 9.17) is 4.98 Å². The third-order valence-electron chi connectivity index (χ3n) is 6.38. The minimum atomic E-state index is -1.42. The lowest BCUT2D eigenvalue weighted by molar-refractivity contribution is 0.0868. The van der Waals surface area contributed by atoms with Crippen LogP contribution in [0.4, 0.5) is 21.6 Å². The van der Waals surface area contributed by atoms with Gasteiger partial charge in [-0.15, -0.1) is 0 Å². The molecule has 2 aromatic carbocycles. The highest BCUT2D eigenvalue weighted by Gasteiger charge is 2.52. The van der Waals surface area contributed by atoms with Crippen LogP contribution in [0.25, 0.3) is 11.4 Å². The van der Waals surface area contributed by atoms with E-state index in [1.807, 2.05) is 62.6 Å². The Bertz CT molecular complexity index is 1080. The maximum absolute atomic E-state index is 15.8. The van der Waals surface area contributed by atoms with Crippen molar-refractivity contribution in [3.05, 3.63) is 65.9 Å². The number of fused-ring (bicyclic) bond motifs is 5. The summed E-state index contributed by atoms with van der Waals surface area (Å²) in [6, 6.07) is 15.9. The van der Waals surface area contributed by atoms with Gasteiger partial charge in [0.25, 0.3) is 0 Å². The first-order valence-electron chi connectivity index (χ1n) is 9.65. The maximum atomic E-state index is 15.8. The van der Waals surface area contributed by atoms with Gasteiger partial charge in [0.2, 0.25) is 0 Å². The van der Waals surface area contributed by atoms with Crippen molar-refractivity contribution in [2.45, 2.75) is 32.6 Å². The summed E-state index contributed by atoms with van der Waals surface area (Å²) in [6.45, 7) is 5.73. The molecule has 2 aliphatic rings. The molecule has 0 amide bonds. The molecule has 3 atom stereocenters. The van der Waals surface area contributed by atoms with E-state index in [2.05, 4.69) is 27.8 Å². The van der Waals surface area contributed by atoms with Gasteiger partial charge in [0.15, 0.2) is 11.6 Å². The Morgan fingerprint density at radius 3 is 2.54 bits per heavy atom. The Kier molecular flexibility index (Phi) is 3.54. The Balaban J connectivity index is 1.70. The van der Waals surface area contributed by atoms with E-state index in [0.29, 0.717) is 5.82 Å². The SMILES string of the molecule is Cc1ccccc1-c1ncc2c(n1)N(C)C1C(C)C(C)(F)c3ccccc3N21. The molecule has 3 heterocycles. The van der Waals surface area contributed by atoms with E-state index in [1.54, 1.807) is 6.92 Å². The van der Waals surface area contributed by atoms with Crippen LogP contribution in [0, 0.1) is 12.8 Å². The summed E-state index contributed by atoms with van der Waals surface area (Å²) in [6.07, 6.45) is 1.74. The molecule has 0 spiro atoms. The van der Waals surface area contributed by atoms with Crippen molar-refractivity contribution in [2.75, 3.05) is 16.8 Å². The standard InChI is InChI=1S/C23H23FN4/c1-14-9-5-6-10-16(14)20-25-13-19-21(26-20)27(4)22-15(2)23(3,24)17-11-7-8-12-18(17)28(19)22/h5-13,15,22H,1-4H3. The number of hydrogen-bond donors (Lipinski definition) is 0. The van der Waals surface area contributed by atoms with Crippen molar-refractivity contribution >= 4 is 17.2 Å². The van der Waals surface area contributed by atoms with E-state index in [1.165, 1.54) is 0 Å². The van der Waals surface area contributed by atoms with E-state index in [0.717, 1.165) is 33.9 Å². The minimum Gasteiger partial charge on any atom is -0.337 e. The van der Waals surface area contributed by atoms with Gasteiger partial charge >= 0.3 is 0 Å². The number of nitrogens with zero attached hydrogens (tertiary/aromatic N) is 4. The molecule has 3 aromatic rings. The molecular formula is C23H23FN4. The molecule has 5 rings (SSSR count). The zero-order valence-electron chi connectivity index (χ0n) is 16.5. The Hall–Kier alpha value is -2.95. The lowest BCUT2D eigenvalue weighted by atomic mass is 9.78. The van der Waals surface area contributed by atoms with Crippen LogP contribution in [-0.2, 0) is 5.67 Å². The Morgan fingerprint density at radius 2 is 1.75 bits per heavy atom. The lowest BCUT2D eigenvalue weighted by Crippen LogP contribution is -2.53. The maximum Gasteiger partial charge on any atom is 0.161 e. The predicted molar refractivity (Wildman–Crippen MR) is 111 cm³/mol. The largest absolute Gasteiger partial charge is 0.337 e. The fourth-order valence-electron chi connectivity index (χ4n) is 4.64. The zero-order chi connectivity index (χ0) is 19.6. The molecule has 0 saturated carbocycles. The van der Waals surface area contributed by atoms with Crippen molar-refractivity contribution in [3.63, 3.8) is 0 Å². The Labute approximate surface area is 164 Å². The number of hydrogen-bond acceptors (Lipinski definition) is 4. The van der Waals surface area contributed by atoms with E-state index in [9.17, 15) is 0 Å². The molecular weight excluding hydrogens is 351 g/mol. The summed E-state index contributed by atoms with van der Waals surface area (Å²) in [5, 5.41) is 0. The summed E-state index contributed by atoms with van der Waals surface area (Å²) in [5.41, 5.74) is 3.29. The average Bonchev–Trinajstić information content (AvgIpc) is 2.99. The highest BCUT2D eigenvalue weighted by atomic mass is 19.1. The number of halogens is 1. The number of benzene rings is 2. The van der Waals surface area contributed by atoms with Gasteiger partial charge in [-0.3, -0.25) is 0 Å². The summed E-state index contributed by atoms with van der Waals surface area (Å²) < 4.78 is 15.8. The van der Waals surface area contributed by atoms with Gasteiger partial charge < -0.3 is 9.80 Å². The predicted octanol–water partition coefficient (Wildman–Crippen LogP) is 5.20. The fraction of sp³-hybridized carbons (Fsp3) is 0.304. The molecule has 0 bridgehead atoms. The summed E-state index contributed by atoms with van der Waals surface area (Å²) in [5.74, 6) is 1.31. The summed E-state index contributed by atoms with van der Waals surface area (Å²) in [7, 11) is 2.00. The van der Waals surface area contributed by atoms with E-state index >= 15 is 4.39 Å². The molecule has 0 aliphatic carbocycles. The van der Waals surface area contributed by atoms with Crippen molar-refractivity contribution in [2.24, 2.45) is 5.92 Å². The number of alkyl halides is 1. The molecule has 0 N–H and O–H groups in total. The highest BCUT2D eigenvalue weighted by molar-refractivity contribution is 5.84. The molecule has 1 aromatic heterocycles. The second kappa shape index (κ2) is 5.77. The number of anilines is 3. The van der Waals surface area contributed by atoms with Crippen LogP contribution in [0.5, 0.6) is 0 Å². The monoisotopic (exact) mass is 374 g/mol. The molecule has 4 nitrogen and oxygen atoms in total. The van der Waals surface area contributed by atoms with Crippen LogP contribution >= 0.6 is 0 Å². The first kappa shape index (κ1) is 17.2. The quantitative estimate of drug-likeness (QED) is 0.586. The average molecular weight is 374 g/mol. The number of para-hydroxylation sites is 1. The van der Waals surface area contributed by atoms with Crippen molar-refractivity contribution in [3.8, 4) is 11.4 Å². The van der Waals surface area contributed by atoms with Crippen LogP contribution in [0.2, 0.25) is 0 Å². The van der Waals surface area contributed by atoms with Crippen molar-refractivity contribution in [1.82, 2.24) is 9.97 Å². The number of aromatic nitrogens is 2. The number of rotatable bonds is 1. The topological polar surface area (TPSA) is 32.3 Å². The van der Waals surface area contributed by atoms with Crippen LogP contribution < -0.4 is 9.80 Å². The first-order valence-corrected chi connectivity index (χ1v) is 9.65. The van der Waals surface area contributed by atoms with Gasteiger partial charge in [-0.2, -0.15) is 0 Å². The number of aryl methyl sites for hydroxylation is 1. The smallest absolute Gasteiger partial charge is 0.161 e. The van der Waals surface area contributed by atoms with Crippen molar-refractivity contribution < 1.29 is 4.39 Å². The van der Waals surface area contributed by atoms with Gasteiger partial charge in [0.1, 0.15) is 17.5 Å². The van der Waals surface area contributed by atoms with Crippen LogP contribution in [0.1, 0.15) is 25.0 Å². The molecule has 142 valence electrons.